The van der Waals surface area contributed by atoms with Crippen LogP contribution >= 0.6 is 0 Å². The molecule has 0 aliphatic rings. The number of aryl methyl sites for hydroxylation is 2. The molecule has 0 saturated carbocycles. The summed E-state index contributed by atoms with van der Waals surface area (Å²) < 4.78 is 18.2. The molecule has 2 aromatic carbocycles. The second-order valence-electron chi connectivity index (χ2n) is 9.92. The fourth-order valence-electron chi connectivity index (χ4n) is 3.93. The smallest absolute Gasteiger partial charge is 0.239 e. The Hall–Kier alpha value is -3.39. The van der Waals surface area contributed by atoms with Gasteiger partial charge in [0.1, 0.15) is 18.2 Å². The topological polar surface area (TPSA) is 91.5 Å². The normalized spacial score (nSPS) is 12.0. The zero-order chi connectivity index (χ0) is 31.6. The van der Waals surface area contributed by atoms with Gasteiger partial charge in [-0.05, 0) is 75.8 Å². The average Bonchev–Trinajstić information content (AvgIpc) is 2.97. The number of allylic oxidation sites excluding steroid dienone is 1. The number of hydrogen-bond acceptors (Lipinski definition) is 5. The van der Waals surface area contributed by atoms with Gasteiger partial charge in [-0.2, -0.15) is 0 Å². The molecule has 8 heteroatoms. The molecule has 2 amide bonds. The van der Waals surface area contributed by atoms with Crippen molar-refractivity contribution in [3.8, 4) is 5.75 Å². The molecule has 2 rings (SSSR count). The number of carbonyl (C=O) groups is 2. The van der Waals surface area contributed by atoms with E-state index in [0.29, 0.717) is 19.7 Å². The van der Waals surface area contributed by atoms with Crippen molar-refractivity contribution in [2.24, 2.45) is 0 Å². The van der Waals surface area contributed by atoms with Crippen LogP contribution in [0.25, 0.3) is 0 Å². The Morgan fingerprint density at radius 3 is 2.38 bits per heavy atom. The van der Waals surface area contributed by atoms with Crippen molar-refractivity contribution in [1.29, 1.82) is 0 Å². The molecule has 0 fully saturated rings. The summed E-state index contributed by atoms with van der Waals surface area (Å²) in [6, 6.07) is 14.9. The van der Waals surface area contributed by atoms with Gasteiger partial charge in [0.25, 0.3) is 0 Å². The van der Waals surface area contributed by atoms with Crippen LogP contribution < -0.4 is 26.0 Å². The fraction of sp³-hybridized carbons (Fsp3) is 0.529. The minimum absolute atomic E-state index is 0.0179. The third-order valence-electron chi connectivity index (χ3n) is 5.99. The van der Waals surface area contributed by atoms with Crippen LogP contribution in [0.2, 0.25) is 0 Å². The minimum atomic E-state index is -0.162. The number of ether oxygens (including phenoxy) is 1. The van der Waals surface area contributed by atoms with Gasteiger partial charge in [-0.1, -0.05) is 70.5 Å². The maximum Gasteiger partial charge on any atom is 0.239 e. The first-order chi connectivity index (χ1) is 20.3. The van der Waals surface area contributed by atoms with E-state index in [2.05, 4.69) is 54.2 Å². The van der Waals surface area contributed by atoms with Crippen molar-refractivity contribution in [3.63, 3.8) is 0 Å². The summed E-state index contributed by atoms with van der Waals surface area (Å²) in [6.07, 6.45) is 7.49. The number of para-hydroxylation sites is 1. The standard InChI is InChI=1S/C25H42N4O3.C7H7F.C2H6/c1-5-10-20(3)29-25(31)17-28-23(11-6-2)16-27-21(4)18-32-24-14-8-7-12-22(24)13-9-15-26-19-30;1-6-3-2-4-7(8)5-6;1-2/h7-8,11-12,14,19-21,27-28H,5-6,9-10,13,15-18H2,1-4H3,(H,26,30)(H,29,31);2-5H,1H3;1-2H3/t20?,21-;;/m0../s1. The van der Waals surface area contributed by atoms with Crippen LogP contribution in [-0.4, -0.2) is 50.6 Å². The van der Waals surface area contributed by atoms with E-state index >= 15 is 0 Å². The number of amides is 2. The van der Waals surface area contributed by atoms with E-state index in [1.165, 1.54) is 12.1 Å². The maximum absolute atomic E-state index is 12.2. The zero-order valence-electron chi connectivity index (χ0n) is 26.9. The highest BCUT2D eigenvalue weighted by Crippen LogP contribution is 2.19. The number of carbonyl (C=O) groups excluding carboxylic acids is 2. The van der Waals surface area contributed by atoms with Gasteiger partial charge >= 0.3 is 0 Å². The number of nitrogens with one attached hydrogen (secondary N) is 4. The molecule has 0 heterocycles. The van der Waals surface area contributed by atoms with E-state index in [0.717, 1.165) is 61.1 Å². The third kappa shape index (κ3) is 19.6. The highest BCUT2D eigenvalue weighted by molar-refractivity contribution is 5.78. The molecule has 0 bridgehead atoms. The van der Waals surface area contributed by atoms with Crippen LogP contribution in [0.5, 0.6) is 5.75 Å². The van der Waals surface area contributed by atoms with Crippen LogP contribution in [0.3, 0.4) is 0 Å². The number of hydrogen-bond donors (Lipinski definition) is 4. The van der Waals surface area contributed by atoms with E-state index in [4.69, 9.17) is 4.74 Å². The van der Waals surface area contributed by atoms with Gasteiger partial charge in [0.2, 0.25) is 12.3 Å². The quantitative estimate of drug-likeness (QED) is 0.126. The summed E-state index contributed by atoms with van der Waals surface area (Å²) in [5.74, 6) is 0.738. The molecule has 0 aromatic heterocycles. The lowest BCUT2D eigenvalue weighted by Gasteiger charge is -2.19. The second-order valence-corrected chi connectivity index (χ2v) is 9.92. The van der Waals surface area contributed by atoms with Crippen molar-refractivity contribution in [2.45, 2.75) is 92.7 Å². The molecule has 0 saturated heterocycles. The molecule has 42 heavy (non-hydrogen) atoms. The predicted octanol–water partition coefficient (Wildman–Crippen LogP) is 6.07. The first-order valence-electron chi connectivity index (χ1n) is 15.3. The molecule has 0 radical (unpaired) electrons. The van der Waals surface area contributed by atoms with Gasteiger partial charge < -0.3 is 26.0 Å². The lowest BCUT2D eigenvalue weighted by atomic mass is 10.1. The van der Waals surface area contributed by atoms with E-state index in [9.17, 15) is 14.0 Å². The highest BCUT2D eigenvalue weighted by Gasteiger charge is 2.09. The molecule has 0 aliphatic heterocycles. The molecular weight excluding hydrogens is 531 g/mol. The largest absolute Gasteiger partial charge is 0.492 e. The van der Waals surface area contributed by atoms with E-state index < -0.39 is 0 Å². The van der Waals surface area contributed by atoms with Gasteiger partial charge in [0.15, 0.2) is 0 Å². The number of halogens is 1. The van der Waals surface area contributed by atoms with Crippen molar-refractivity contribution < 1.29 is 18.7 Å². The molecule has 4 N–H and O–H groups in total. The Balaban J connectivity index is 0.00000142. The molecule has 2 atom stereocenters. The van der Waals surface area contributed by atoms with Crippen LogP contribution in [-0.2, 0) is 16.0 Å². The maximum atomic E-state index is 12.2. The van der Waals surface area contributed by atoms with Gasteiger partial charge in [-0.3, -0.25) is 9.59 Å². The van der Waals surface area contributed by atoms with Gasteiger partial charge in [-0.25, -0.2) is 4.39 Å². The Labute approximate surface area is 254 Å². The van der Waals surface area contributed by atoms with E-state index in [-0.39, 0.29) is 30.4 Å². The average molecular weight is 587 g/mol. The highest BCUT2D eigenvalue weighted by atomic mass is 19.1. The predicted molar refractivity (Wildman–Crippen MR) is 173 cm³/mol. The molecule has 0 aliphatic carbocycles. The summed E-state index contributed by atoms with van der Waals surface area (Å²) in [5.41, 5.74) is 3.12. The van der Waals surface area contributed by atoms with Crippen LogP contribution in [0, 0.1) is 12.7 Å². The Morgan fingerprint density at radius 2 is 1.76 bits per heavy atom. The lowest BCUT2D eigenvalue weighted by Crippen LogP contribution is -2.41. The first-order valence-corrected chi connectivity index (χ1v) is 15.3. The summed E-state index contributed by atoms with van der Waals surface area (Å²) in [7, 11) is 0. The number of benzene rings is 2. The van der Waals surface area contributed by atoms with Crippen molar-refractivity contribution in [2.75, 3.05) is 26.2 Å². The fourth-order valence-corrected chi connectivity index (χ4v) is 3.93. The summed E-state index contributed by atoms with van der Waals surface area (Å²) in [6.45, 7) is 16.3. The SMILES string of the molecule is CC.CCC=C(CN[C@@H](C)COc1ccccc1CCCNC=O)NCC(=O)NC(C)CCC.Cc1cccc(F)c1. The molecule has 7 nitrogen and oxygen atoms in total. The van der Waals surface area contributed by atoms with Gasteiger partial charge in [0.05, 0.1) is 6.54 Å². The van der Waals surface area contributed by atoms with Gasteiger partial charge in [-0.15, -0.1) is 0 Å². The molecule has 0 spiro atoms. The Bertz CT molecular complexity index is 999. The monoisotopic (exact) mass is 586 g/mol. The van der Waals surface area contributed by atoms with Crippen LogP contribution in [0.15, 0.2) is 60.3 Å². The van der Waals surface area contributed by atoms with Crippen LogP contribution in [0.1, 0.15) is 78.4 Å². The van der Waals surface area contributed by atoms with Crippen LogP contribution in [0.4, 0.5) is 4.39 Å². The van der Waals surface area contributed by atoms with E-state index in [1.54, 1.807) is 6.07 Å². The molecule has 2 aromatic rings. The summed E-state index contributed by atoms with van der Waals surface area (Å²) in [5, 5.41) is 12.4. The number of rotatable bonds is 18. The minimum Gasteiger partial charge on any atom is -0.492 e. The third-order valence-corrected chi connectivity index (χ3v) is 5.99. The molecular formula is C34H55FN4O3. The Kier molecular flexibility index (Phi) is 23.3. The summed E-state index contributed by atoms with van der Waals surface area (Å²) >= 11 is 0. The molecule has 236 valence electrons. The van der Waals surface area contributed by atoms with Gasteiger partial charge in [0, 0.05) is 30.9 Å². The lowest BCUT2D eigenvalue weighted by molar-refractivity contribution is -0.120. The first kappa shape index (κ1) is 38.6. The van der Waals surface area contributed by atoms with E-state index in [1.807, 2.05) is 52.0 Å². The zero-order valence-corrected chi connectivity index (χ0v) is 26.9. The summed E-state index contributed by atoms with van der Waals surface area (Å²) in [4.78, 5) is 22.5. The molecule has 1 unspecified atom stereocenters. The second kappa shape index (κ2) is 25.3. The Morgan fingerprint density at radius 1 is 1.02 bits per heavy atom. The van der Waals surface area contributed by atoms with Crippen molar-refractivity contribution >= 4 is 12.3 Å². The van der Waals surface area contributed by atoms with Crippen molar-refractivity contribution in [1.82, 2.24) is 21.3 Å². The van der Waals surface area contributed by atoms with Crippen molar-refractivity contribution in [3.05, 3.63) is 77.2 Å².